The summed E-state index contributed by atoms with van der Waals surface area (Å²) in [5, 5.41) is 0. The molecule has 0 saturated heterocycles. The summed E-state index contributed by atoms with van der Waals surface area (Å²) in [6.45, 7) is 2.00. The molecule has 1 heterocycles. The molecule has 0 fully saturated rings. The number of aromatic nitrogens is 1. The van der Waals surface area contributed by atoms with Gasteiger partial charge in [-0.2, -0.15) is 11.8 Å². The monoisotopic (exact) mass is 222 g/mol. The Morgan fingerprint density at radius 1 is 1.47 bits per heavy atom. The third-order valence-electron chi connectivity index (χ3n) is 1.94. The Morgan fingerprint density at radius 3 is 3.00 bits per heavy atom. The fourth-order valence-corrected chi connectivity index (χ4v) is 2.10. The van der Waals surface area contributed by atoms with Crippen LogP contribution >= 0.6 is 11.8 Å². The molecule has 0 aliphatic heterocycles. The standard InChI is InChI=1S/C11H14N2OS/c1-8(12)6-15-7-11-13-9-4-2-3-5-10(9)14-11/h2-5,8H,6-7,12H2,1H3. The number of thioether (sulfide) groups is 1. The van der Waals surface area contributed by atoms with Crippen LogP contribution in [0.15, 0.2) is 28.7 Å². The highest BCUT2D eigenvalue weighted by Crippen LogP contribution is 2.18. The highest BCUT2D eigenvalue weighted by Gasteiger charge is 2.05. The number of oxazole rings is 1. The van der Waals surface area contributed by atoms with Gasteiger partial charge in [-0.25, -0.2) is 4.98 Å². The van der Waals surface area contributed by atoms with E-state index in [4.69, 9.17) is 10.2 Å². The molecule has 2 aromatic rings. The SMILES string of the molecule is CC(N)CSCc1nc2ccccc2o1. The summed E-state index contributed by atoms with van der Waals surface area (Å²) in [5.41, 5.74) is 7.44. The van der Waals surface area contributed by atoms with Gasteiger partial charge in [-0.3, -0.25) is 0 Å². The predicted molar refractivity (Wildman–Crippen MR) is 63.8 cm³/mol. The van der Waals surface area contributed by atoms with Crippen molar-refractivity contribution in [3.8, 4) is 0 Å². The van der Waals surface area contributed by atoms with Crippen LogP contribution < -0.4 is 5.73 Å². The van der Waals surface area contributed by atoms with Crippen LogP contribution in [0.3, 0.4) is 0 Å². The number of fused-ring (bicyclic) bond motifs is 1. The molecule has 0 amide bonds. The zero-order chi connectivity index (χ0) is 10.7. The number of hydrogen-bond acceptors (Lipinski definition) is 4. The van der Waals surface area contributed by atoms with Gasteiger partial charge >= 0.3 is 0 Å². The van der Waals surface area contributed by atoms with Gasteiger partial charge in [0.15, 0.2) is 5.58 Å². The topological polar surface area (TPSA) is 52.0 Å². The van der Waals surface area contributed by atoms with E-state index in [1.54, 1.807) is 11.8 Å². The molecular weight excluding hydrogens is 208 g/mol. The molecule has 1 aromatic heterocycles. The molecule has 2 N–H and O–H groups in total. The van der Waals surface area contributed by atoms with Gasteiger partial charge in [0.25, 0.3) is 0 Å². The van der Waals surface area contributed by atoms with Crippen molar-refractivity contribution in [1.82, 2.24) is 4.98 Å². The minimum atomic E-state index is 0.222. The molecule has 15 heavy (non-hydrogen) atoms. The lowest BCUT2D eigenvalue weighted by Crippen LogP contribution is -2.17. The van der Waals surface area contributed by atoms with Gasteiger partial charge in [-0.05, 0) is 19.1 Å². The van der Waals surface area contributed by atoms with Crippen molar-refractivity contribution in [2.45, 2.75) is 18.7 Å². The molecule has 1 unspecified atom stereocenters. The Kier molecular flexibility index (Phi) is 3.28. The van der Waals surface area contributed by atoms with E-state index in [2.05, 4.69) is 4.98 Å². The Morgan fingerprint density at radius 2 is 2.27 bits per heavy atom. The predicted octanol–water partition coefficient (Wildman–Crippen LogP) is 2.41. The van der Waals surface area contributed by atoms with Crippen molar-refractivity contribution in [2.75, 3.05) is 5.75 Å². The second kappa shape index (κ2) is 4.68. The van der Waals surface area contributed by atoms with Crippen molar-refractivity contribution in [3.05, 3.63) is 30.2 Å². The Labute approximate surface area is 93.0 Å². The Hall–Kier alpha value is -1.00. The molecule has 0 aliphatic rings. The van der Waals surface area contributed by atoms with E-state index in [0.717, 1.165) is 28.5 Å². The van der Waals surface area contributed by atoms with E-state index in [0.29, 0.717) is 0 Å². The minimum Gasteiger partial charge on any atom is -0.440 e. The lowest BCUT2D eigenvalue weighted by atomic mass is 10.3. The summed E-state index contributed by atoms with van der Waals surface area (Å²) in [4.78, 5) is 4.38. The molecular formula is C11H14N2OS. The lowest BCUT2D eigenvalue weighted by molar-refractivity contribution is 0.556. The fraction of sp³-hybridized carbons (Fsp3) is 0.364. The maximum absolute atomic E-state index is 5.66. The number of hydrogen-bond donors (Lipinski definition) is 1. The molecule has 0 radical (unpaired) electrons. The first kappa shape index (κ1) is 10.5. The zero-order valence-corrected chi connectivity index (χ0v) is 9.46. The number of nitrogens with two attached hydrogens (primary N) is 1. The van der Waals surface area contributed by atoms with E-state index in [1.165, 1.54) is 0 Å². The largest absolute Gasteiger partial charge is 0.440 e. The highest BCUT2D eigenvalue weighted by molar-refractivity contribution is 7.98. The summed E-state index contributed by atoms with van der Waals surface area (Å²) >= 11 is 1.75. The molecule has 0 aliphatic carbocycles. The summed E-state index contributed by atoms with van der Waals surface area (Å²) < 4.78 is 5.58. The van der Waals surface area contributed by atoms with Gasteiger partial charge in [0.05, 0.1) is 5.75 Å². The van der Waals surface area contributed by atoms with Gasteiger partial charge in [0, 0.05) is 11.8 Å². The van der Waals surface area contributed by atoms with E-state index < -0.39 is 0 Å². The maximum atomic E-state index is 5.66. The first-order chi connectivity index (χ1) is 7.25. The molecule has 0 spiro atoms. The van der Waals surface area contributed by atoms with Crippen molar-refractivity contribution < 1.29 is 4.42 Å². The normalized spacial score (nSPS) is 13.2. The van der Waals surface area contributed by atoms with Crippen molar-refractivity contribution >= 4 is 22.9 Å². The quantitative estimate of drug-likeness (QED) is 0.863. The lowest BCUT2D eigenvalue weighted by Gasteiger charge is -2.01. The van der Waals surface area contributed by atoms with Gasteiger partial charge in [-0.1, -0.05) is 12.1 Å². The van der Waals surface area contributed by atoms with Crippen molar-refractivity contribution in [2.24, 2.45) is 5.73 Å². The average molecular weight is 222 g/mol. The molecule has 80 valence electrons. The van der Waals surface area contributed by atoms with Crippen LogP contribution in [-0.2, 0) is 5.75 Å². The third kappa shape index (κ3) is 2.73. The summed E-state index contributed by atoms with van der Waals surface area (Å²) in [5.74, 6) is 2.50. The Bertz CT molecular complexity index is 406. The second-order valence-corrected chi connectivity index (χ2v) is 4.60. The van der Waals surface area contributed by atoms with Crippen LogP contribution in [0.2, 0.25) is 0 Å². The van der Waals surface area contributed by atoms with Crippen molar-refractivity contribution in [3.63, 3.8) is 0 Å². The maximum Gasteiger partial charge on any atom is 0.205 e. The highest BCUT2D eigenvalue weighted by atomic mass is 32.2. The summed E-state index contributed by atoms with van der Waals surface area (Å²) in [6.07, 6.45) is 0. The molecule has 0 bridgehead atoms. The first-order valence-corrected chi connectivity index (χ1v) is 6.09. The third-order valence-corrected chi connectivity index (χ3v) is 3.16. The van der Waals surface area contributed by atoms with E-state index >= 15 is 0 Å². The smallest absolute Gasteiger partial charge is 0.205 e. The molecule has 4 heteroatoms. The van der Waals surface area contributed by atoms with Crippen LogP contribution in [0.25, 0.3) is 11.1 Å². The molecule has 2 rings (SSSR count). The first-order valence-electron chi connectivity index (χ1n) is 4.93. The minimum absolute atomic E-state index is 0.222. The van der Waals surface area contributed by atoms with Gasteiger partial charge in [0.1, 0.15) is 5.52 Å². The van der Waals surface area contributed by atoms with Crippen molar-refractivity contribution in [1.29, 1.82) is 0 Å². The fourth-order valence-electron chi connectivity index (χ4n) is 1.31. The average Bonchev–Trinajstić information content (AvgIpc) is 2.59. The Balaban J connectivity index is 2.03. The van der Waals surface area contributed by atoms with Crippen LogP contribution in [-0.4, -0.2) is 16.8 Å². The van der Waals surface area contributed by atoms with Crippen LogP contribution in [0, 0.1) is 0 Å². The number of benzene rings is 1. The van der Waals surface area contributed by atoms with Gasteiger partial charge in [-0.15, -0.1) is 0 Å². The van der Waals surface area contributed by atoms with E-state index in [1.807, 2.05) is 31.2 Å². The molecule has 1 atom stereocenters. The van der Waals surface area contributed by atoms with Crippen LogP contribution in [0.1, 0.15) is 12.8 Å². The second-order valence-electron chi connectivity index (χ2n) is 3.57. The van der Waals surface area contributed by atoms with E-state index in [9.17, 15) is 0 Å². The van der Waals surface area contributed by atoms with Gasteiger partial charge < -0.3 is 10.2 Å². The zero-order valence-electron chi connectivity index (χ0n) is 8.64. The summed E-state index contributed by atoms with van der Waals surface area (Å²) in [7, 11) is 0. The van der Waals surface area contributed by atoms with Crippen LogP contribution in [0.4, 0.5) is 0 Å². The van der Waals surface area contributed by atoms with Crippen LogP contribution in [0.5, 0.6) is 0 Å². The van der Waals surface area contributed by atoms with Gasteiger partial charge in [0.2, 0.25) is 5.89 Å². The number of para-hydroxylation sites is 2. The summed E-state index contributed by atoms with van der Waals surface area (Å²) in [6, 6.07) is 8.02. The number of rotatable bonds is 4. The number of nitrogens with zero attached hydrogens (tertiary/aromatic N) is 1. The molecule has 3 nitrogen and oxygen atoms in total. The molecule has 1 aromatic carbocycles. The van der Waals surface area contributed by atoms with E-state index in [-0.39, 0.29) is 6.04 Å². The molecule has 0 saturated carbocycles.